The highest BCUT2D eigenvalue weighted by Gasteiger charge is 2.53. The highest BCUT2D eigenvalue weighted by atomic mass is 16.7. The Hall–Kier alpha value is -2.69. The van der Waals surface area contributed by atoms with Crippen molar-refractivity contribution in [3.63, 3.8) is 0 Å². The molecule has 1 aliphatic rings. The molecule has 0 N–H and O–H groups in total. The fraction of sp³-hybridized carbons (Fsp3) is 0.706. The van der Waals surface area contributed by atoms with Crippen LogP contribution in [0.25, 0.3) is 0 Å². The summed E-state index contributed by atoms with van der Waals surface area (Å²) in [4.78, 5) is 59.1. The molecule has 1 fully saturated rings. The number of esters is 4. The summed E-state index contributed by atoms with van der Waals surface area (Å²) < 4.78 is 26.3. The van der Waals surface area contributed by atoms with E-state index in [-0.39, 0.29) is 6.61 Å². The summed E-state index contributed by atoms with van der Waals surface area (Å²) in [5.74, 6) is -3.22. The van der Waals surface area contributed by atoms with Crippen LogP contribution in [0.2, 0.25) is 0 Å². The first-order valence-electron chi connectivity index (χ1n) is 8.47. The molecule has 0 radical (unpaired) electrons. The summed E-state index contributed by atoms with van der Waals surface area (Å²) in [5.41, 5.74) is 0. The third kappa shape index (κ3) is 6.48. The fourth-order valence-corrected chi connectivity index (χ4v) is 2.76. The fourth-order valence-electron chi connectivity index (χ4n) is 2.76. The van der Waals surface area contributed by atoms with E-state index in [0.29, 0.717) is 0 Å². The monoisotopic (exact) mass is 403 g/mol. The van der Waals surface area contributed by atoms with Gasteiger partial charge in [0.05, 0.1) is 0 Å². The number of amides is 1. The Morgan fingerprint density at radius 3 is 1.71 bits per heavy atom. The molecular weight excluding hydrogens is 378 g/mol. The maximum absolute atomic E-state index is 11.9. The molecule has 11 heteroatoms. The van der Waals surface area contributed by atoms with Gasteiger partial charge < -0.3 is 28.6 Å². The summed E-state index contributed by atoms with van der Waals surface area (Å²) >= 11 is 0. The summed E-state index contributed by atoms with van der Waals surface area (Å²) in [7, 11) is 1.39. The number of rotatable bonds is 6. The summed E-state index contributed by atoms with van der Waals surface area (Å²) in [6, 6.07) is -1.11. The predicted molar refractivity (Wildman–Crippen MR) is 90.4 cm³/mol. The van der Waals surface area contributed by atoms with Crippen LogP contribution in [0.3, 0.4) is 0 Å². The third-order valence-corrected chi connectivity index (χ3v) is 3.90. The Bertz CT molecular complexity index is 633. The Morgan fingerprint density at radius 2 is 1.29 bits per heavy atom. The number of carbonyl (C=O) groups is 5. The first-order chi connectivity index (χ1) is 12.9. The number of nitrogens with zero attached hydrogens (tertiary/aromatic N) is 1. The lowest BCUT2D eigenvalue weighted by Gasteiger charge is -2.47. The van der Waals surface area contributed by atoms with Crippen LogP contribution in [-0.4, -0.2) is 79.0 Å². The van der Waals surface area contributed by atoms with Crippen LogP contribution in [-0.2, 0) is 47.7 Å². The molecule has 0 unspecified atom stereocenters. The van der Waals surface area contributed by atoms with Crippen molar-refractivity contribution in [3.05, 3.63) is 0 Å². The molecule has 1 heterocycles. The zero-order valence-corrected chi connectivity index (χ0v) is 16.6. The van der Waals surface area contributed by atoms with E-state index in [1.54, 1.807) is 0 Å². The summed E-state index contributed by atoms with van der Waals surface area (Å²) in [6.07, 6.45) is -4.94. The maximum atomic E-state index is 11.9. The Labute approximate surface area is 162 Å². The van der Waals surface area contributed by atoms with Crippen molar-refractivity contribution >= 4 is 29.8 Å². The third-order valence-electron chi connectivity index (χ3n) is 3.90. The van der Waals surface area contributed by atoms with Crippen LogP contribution >= 0.6 is 0 Å². The Morgan fingerprint density at radius 1 is 0.786 bits per heavy atom. The zero-order valence-electron chi connectivity index (χ0n) is 16.6. The van der Waals surface area contributed by atoms with Gasteiger partial charge in [-0.1, -0.05) is 0 Å². The van der Waals surface area contributed by atoms with Crippen molar-refractivity contribution in [3.8, 4) is 0 Å². The minimum atomic E-state index is -1.36. The second-order valence-electron chi connectivity index (χ2n) is 6.22. The van der Waals surface area contributed by atoms with Gasteiger partial charge in [0.2, 0.25) is 12.2 Å². The van der Waals surface area contributed by atoms with E-state index in [2.05, 4.69) is 0 Å². The standard InChI is InChI=1S/C17H25NO10/c1-8(19)18(6)14-16(26-11(4)22)15(25-10(3)21)13(7-24-9(2)20)28-17(14)27-12(5)23/h13-17H,7H2,1-6H3/t13-,14+,15+,16-,17-/m0/s1. The van der Waals surface area contributed by atoms with E-state index >= 15 is 0 Å². The van der Waals surface area contributed by atoms with E-state index in [1.807, 2.05) is 0 Å². The van der Waals surface area contributed by atoms with Gasteiger partial charge in [0.25, 0.3) is 0 Å². The molecule has 1 aliphatic heterocycles. The first kappa shape index (κ1) is 23.3. The molecule has 0 aromatic heterocycles. The maximum Gasteiger partial charge on any atom is 0.305 e. The van der Waals surface area contributed by atoms with Gasteiger partial charge in [0, 0.05) is 41.7 Å². The van der Waals surface area contributed by atoms with Crippen LogP contribution in [0, 0.1) is 0 Å². The highest BCUT2D eigenvalue weighted by molar-refractivity contribution is 5.74. The van der Waals surface area contributed by atoms with Crippen LogP contribution in [0.15, 0.2) is 0 Å². The molecule has 28 heavy (non-hydrogen) atoms. The van der Waals surface area contributed by atoms with Gasteiger partial charge >= 0.3 is 23.9 Å². The highest BCUT2D eigenvalue weighted by Crippen LogP contribution is 2.30. The molecule has 5 atom stereocenters. The molecule has 1 rings (SSSR count). The van der Waals surface area contributed by atoms with Gasteiger partial charge in [-0.15, -0.1) is 0 Å². The molecule has 11 nitrogen and oxygen atoms in total. The number of likely N-dealkylation sites (N-methyl/N-ethyl adjacent to an activating group) is 1. The summed E-state index contributed by atoms with van der Waals surface area (Å²) in [6.45, 7) is 5.46. The van der Waals surface area contributed by atoms with Crippen molar-refractivity contribution in [1.29, 1.82) is 0 Å². The quantitative estimate of drug-likeness (QED) is 0.424. The second kappa shape index (κ2) is 10.0. The SMILES string of the molecule is CC(=O)OC[C@@H]1O[C@H](OC(C)=O)[C@H](N(C)C(C)=O)[C@H](OC(C)=O)[C@@H]1OC(C)=O. The van der Waals surface area contributed by atoms with Crippen molar-refractivity contribution in [2.24, 2.45) is 0 Å². The Balaban J connectivity index is 3.39. The molecular formula is C17H25NO10. The average Bonchev–Trinajstić information content (AvgIpc) is 2.53. The predicted octanol–water partition coefficient (Wildman–Crippen LogP) is -0.452. The van der Waals surface area contributed by atoms with E-state index in [0.717, 1.165) is 25.7 Å². The van der Waals surface area contributed by atoms with Gasteiger partial charge in [0.1, 0.15) is 18.8 Å². The minimum absolute atomic E-state index is 0.362. The molecule has 0 aromatic rings. The molecule has 0 spiro atoms. The number of hydrogen-bond acceptors (Lipinski definition) is 10. The number of hydrogen-bond donors (Lipinski definition) is 0. The minimum Gasteiger partial charge on any atom is -0.463 e. The molecule has 0 bridgehead atoms. The van der Waals surface area contributed by atoms with E-state index < -0.39 is 60.4 Å². The molecule has 0 aromatic carbocycles. The topological polar surface area (TPSA) is 135 Å². The van der Waals surface area contributed by atoms with Crippen molar-refractivity contribution in [2.75, 3.05) is 13.7 Å². The van der Waals surface area contributed by atoms with Crippen LogP contribution < -0.4 is 0 Å². The van der Waals surface area contributed by atoms with Crippen molar-refractivity contribution in [2.45, 2.75) is 65.3 Å². The molecule has 158 valence electrons. The zero-order chi connectivity index (χ0) is 21.6. The lowest BCUT2D eigenvalue weighted by molar-refractivity contribution is -0.282. The van der Waals surface area contributed by atoms with Crippen molar-refractivity contribution < 1.29 is 47.7 Å². The van der Waals surface area contributed by atoms with Gasteiger partial charge in [-0.3, -0.25) is 24.0 Å². The van der Waals surface area contributed by atoms with Crippen LogP contribution in [0.1, 0.15) is 34.6 Å². The smallest absolute Gasteiger partial charge is 0.305 e. The number of ether oxygens (including phenoxy) is 5. The molecule has 1 amide bonds. The Kier molecular flexibility index (Phi) is 8.35. The van der Waals surface area contributed by atoms with Crippen LogP contribution in [0.4, 0.5) is 0 Å². The lowest BCUT2D eigenvalue weighted by Crippen LogP contribution is -2.66. The van der Waals surface area contributed by atoms with Gasteiger partial charge in [-0.05, 0) is 0 Å². The largest absolute Gasteiger partial charge is 0.463 e. The van der Waals surface area contributed by atoms with Crippen LogP contribution in [0.5, 0.6) is 0 Å². The van der Waals surface area contributed by atoms with E-state index in [4.69, 9.17) is 23.7 Å². The van der Waals surface area contributed by atoms with E-state index in [9.17, 15) is 24.0 Å². The molecule has 1 saturated heterocycles. The normalized spacial score (nSPS) is 26.6. The van der Waals surface area contributed by atoms with Gasteiger partial charge in [-0.25, -0.2) is 0 Å². The van der Waals surface area contributed by atoms with Gasteiger partial charge in [0.15, 0.2) is 12.2 Å². The van der Waals surface area contributed by atoms with Crippen molar-refractivity contribution in [1.82, 2.24) is 4.90 Å². The van der Waals surface area contributed by atoms with E-state index in [1.165, 1.54) is 20.9 Å². The first-order valence-corrected chi connectivity index (χ1v) is 8.47. The number of carbonyl (C=O) groups excluding carboxylic acids is 5. The van der Waals surface area contributed by atoms with Gasteiger partial charge in [-0.2, -0.15) is 0 Å². The average molecular weight is 403 g/mol. The lowest BCUT2D eigenvalue weighted by atomic mass is 9.95. The summed E-state index contributed by atoms with van der Waals surface area (Å²) in [5, 5.41) is 0. The molecule has 0 saturated carbocycles. The second-order valence-corrected chi connectivity index (χ2v) is 6.22. The molecule has 0 aliphatic carbocycles.